The number of benzene rings is 2. The maximum atomic E-state index is 13.3. The number of ether oxygens (including phenoxy) is 1. The van der Waals surface area contributed by atoms with E-state index in [0.717, 1.165) is 28.0 Å². The first-order valence-corrected chi connectivity index (χ1v) is 11.4. The van der Waals surface area contributed by atoms with Gasteiger partial charge in [-0.25, -0.2) is 13.6 Å². The molecule has 0 radical (unpaired) electrons. The van der Waals surface area contributed by atoms with Crippen LogP contribution in [-0.4, -0.2) is 31.7 Å². The van der Waals surface area contributed by atoms with Gasteiger partial charge in [-0.1, -0.05) is 12.1 Å². The molecule has 0 saturated carbocycles. The van der Waals surface area contributed by atoms with Crippen LogP contribution in [0.2, 0.25) is 0 Å². The van der Waals surface area contributed by atoms with Gasteiger partial charge in [0.25, 0.3) is 5.56 Å². The smallest absolute Gasteiger partial charge is 0.292 e. The van der Waals surface area contributed by atoms with Gasteiger partial charge in [-0.3, -0.25) is 4.79 Å². The first-order chi connectivity index (χ1) is 15.3. The lowest BCUT2D eigenvalue weighted by Crippen LogP contribution is -2.17. The molecule has 0 spiro atoms. The first kappa shape index (κ1) is 21.8. The summed E-state index contributed by atoms with van der Waals surface area (Å²) in [5.74, 6) is 0.711. The molecule has 4 aromatic rings. The highest BCUT2D eigenvalue weighted by atomic mass is 32.2. The Morgan fingerprint density at radius 1 is 1.16 bits per heavy atom. The zero-order valence-electron chi connectivity index (χ0n) is 18.2. The molecule has 4 rings (SSSR count). The molecule has 0 amide bonds. The average Bonchev–Trinajstić information content (AvgIpc) is 3.06. The quantitative estimate of drug-likeness (QED) is 0.483. The Labute approximate surface area is 187 Å². The molecule has 7 nitrogen and oxygen atoms in total. The summed E-state index contributed by atoms with van der Waals surface area (Å²) in [6.07, 6.45) is 3.28. The van der Waals surface area contributed by atoms with Crippen LogP contribution in [0.3, 0.4) is 0 Å². The SMILES string of the molecule is COc1cc(-c2cc(NS(C)=O)c3nc(C)n(Cc4ccc(F)cc4)c3c2)cn(C)c1=O. The number of nitrogens with one attached hydrogen (secondary N) is 1. The number of pyridine rings is 1. The second-order valence-corrected chi connectivity index (χ2v) is 8.64. The molecule has 2 heterocycles. The molecule has 2 aromatic carbocycles. The normalized spacial score (nSPS) is 12.2. The van der Waals surface area contributed by atoms with Gasteiger partial charge < -0.3 is 18.6 Å². The van der Waals surface area contributed by atoms with Crippen LogP contribution in [0.15, 0.2) is 53.5 Å². The van der Waals surface area contributed by atoms with E-state index in [-0.39, 0.29) is 17.1 Å². The minimum atomic E-state index is -1.31. The second kappa shape index (κ2) is 8.58. The Morgan fingerprint density at radius 3 is 2.53 bits per heavy atom. The second-order valence-electron chi connectivity index (χ2n) is 7.53. The van der Waals surface area contributed by atoms with Crippen molar-refractivity contribution in [2.75, 3.05) is 18.1 Å². The van der Waals surface area contributed by atoms with Gasteiger partial charge in [0.05, 0.1) is 18.3 Å². The van der Waals surface area contributed by atoms with Crippen molar-refractivity contribution in [2.45, 2.75) is 13.5 Å². The van der Waals surface area contributed by atoms with E-state index in [0.29, 0.717) is 17.7 Å². The third kappa shape index (κ3) is 4.16. The molecule has 1 atom stereocenters. The van der Waals surface area contributed by atoms with E-state index < -0.39 is 11.0 Å². The zero-order chi connectivity index (χ0) is 23.0. The standard InChI is InChI=1S/C23H23FN4O3S/c1-14-25-22-19(26-32(4)30)9-16(17-11-21(31-3)23(29)27(2)13-17)10-20(22)28(14)12-15-5-7-18(24)8-6-15/h5-11,13,26H,12H2,1-4H3. The maximum Gasteiger partial charge on any atom is 0.292 e. The Bertz CT molecular complexity index is 1390. The molecule has 0 saturated heterocycles. The number of aryl methyl sites for hydroxylation is 2. The predicted octanol–water partition coefficient (Wildman–Crippen LogP) is 3.61. The number of anilines is 1. The van der Waals surface area contributed by atoms with Crippen LogP contribution in [-0.2, 0) is 24.6 Å². The van der Waals surface area contributed by atoms with Crippen LogP contribution in [0.5, 0.6) is 5.75 Å². The predicted molar refractivity (Wildman–Crippen MR) is 125 cm³/mol. The first-order valence-electron chi connectivity index (χ1n) is 9.87. The molecule has 1 N–H and O–H groups in total. The van der Waals surface area contributed by atoms with E-state index in [4.69, 9.17) is 9.72 Å². The van der Waals surface area contributed by atoms with Crippen molar-refractivity contribution >= 4 is 27.7 Å². The van der Waals surface area contributed by atoms with Crippen LogP contribution in [0, 0.1) is 12.7 Å². The third-order valence-electron chi connectivity index (χ3n) is 5.26. The average molecular weight is 455 g/mol. The zero-order valence-corrected chi connectivity index (χ0v) is 19.0. The largest absolute Gasteiger partial charge is 0.491 e. The molecule has 2 aromatic heterocycles. The molecular weight excluding hydrogens is 431 g/mol. The van der Waals surface area contributed by atoms with Gasteiger partial charge in [0.2, 0.25) is 0 Å². The molecule has 0 bridgehead atoms. The van der Waals surface area contributed by atoms with Gasteiger partial charge in [-0.2, -0.15) is 0 Å². The lowest BCUT2D eigenvalue weighted by atomic mass is 10.1. The summed E-state index contributed by atoms with van der Waals surface area (Å²) < 4.78 is 37.0. The van der Waals surface area contributed by atoms with Gasteiger partial charge in [0.15, 0.2) is 5.75 Å². The maximum absolute atomic E-state index is 13.3. The molecular formula is C23H23FN4O3S. The van der Waals surface area contributed by atoms with Gasteiger partial charge in [-0.15, -0.1) is 0 Å². The molecule has 166 valence electrons. The third-order valence-corrected chi connectivity index (χ3v) is 5.76. The molecule has 1 unspecified atom stereocenters. The van der Waals surface area contributed by atoms with E-state index in [2.05, 4.69) is 4.72 Å². The number of methoxy groups -OCH3 is 1. The lowest BCUT2D eigenvalue weighted by Gasteiger charge is -2.12. The number of imidazole rings is 1. The number of hydrogen-bond acceptors (Lipinski definition) is 4. The fourth-order valence-electron chi connectivity index (χ4n) is 3.70. The fraction of sp³-hybridized carbons (Fsp3) is 0.217. The summed E-state index contributed by atoms with van der Waals surface area (Å²) in [4.78, 5) is 16.9. The van der Waals surface area contributed by atoms with Gasteiger partial charge in [0.1, 0.15) is 28.1 Å². The molecule has 0 aliphatic carbocycles. The number of nitrogens with zero attached hydrogens (tertiary/aromatic N) is 3. The van der Waals surface area contributed by atoms with Crippen molar-refractivity contribution in [1.82, 2.24) is 14.1 Å². The van der Waals surface area contributed by atoms with Crippen molar-refractivity contribution in [3.63, 3.8) is 0 Å². The number of hydrogen-bond donors (Lipinski definition) is 1. The van der Waals surface area contributed by atoms with Crippen LogP contribution < -0.4 is 15.0 Å². The molecule has 32 heavy (non-hydrogen) atoms. The molecule has 0 aliphatic heterocycles. The number of aromatic nitrogens is 3. The van der Waals surface area contributed by atoms with Crippen molar-refractivity contribution in [3.05, 3.63) is 76.2 Å². The van der Waals surface area contributed by atoms with Gasteiger partial charge in [0, 0.05) is 31.6 Å². The van der Waals surface area contributed by atoms with E-state index in [1.54, 1.807) is 37.7 Å². The van der Waals surface area contributed by atoms with Crippen LogP contribution >= 0.6 is 0 Å². The highest BCUT2D eigenvalue weighted by Crippen LogP contribution is 2.32. The van der Waals surface area contributed by atoms with E-state index in [1.165, 1.54) is 23.8 Å². The summed E-state index contributed by atoms with van der Waals surface area (Å²) in [5.41, 5.74) is 4.39. The topological polar surface area (TPSA) is 78.2 Å². The summed E-state index contributed by atoms with van der Waals surface area (Å²) in [6, 6.07) is 11.9. The molecule has 0 fully saturated rings. The van der Waals surface area contributed by atoms with Crippen LogP contribution in [0.1, 0.15) is 11.4 Å². The Kier molecular flexibility index (Phi) is 5.84. The van der Waals surface area contributed by atoms with E-state index in [1.807, 2.05) is 23.6 Å². The highest BCUT2D eigenvalue weighted by Gasteiger charge is 2.16. The Hall–Kier alpha value is -3.46. The summed E-state index contributed by atoms with van der Waals surface area (Å²) in [7, 11) is 1.81. The van der Waals surface area contributed by atoms with Crippen LogP contribution in [0.25, 0.3) is 22.2 Å². The molecule has 0 aliphatic rings. The fourth-order valence-corrected chi connectivity index (χ4v) is 4.16. The van der Waals surface area contributed by atoms with Crippen molar-refractivity contribution in [2.24, 2.45) is 7.05 Å². The summed E-state index contributed by atoms with van der Waals surface area (Å²) in [5, 5.41) is 0. The van der Waals surface area contributed by atoms with E-state index in [9.17, 15) is 13.4 Å². The summed E-state index contributed by atoms with van der Waals surface area (Å²) >= 11 is 0. The van der Waals surface area contributed by atoms with Gasteiger partial charge >= 0.3 is 0 Å². The Morgan fingerprint density at radius 2 is 1.88 bits per heavy atom. The minimum Gasteiger partial charge on any atom is -0.491 e. The van der Waals surface area contributed by atoms with Crippen molar-refractivity contribution < 1.29 is 13.3 Å². The lowest BCUT2D eigenvalue weighted by molar-refractivity contribution is 0.405. The van der Waals surface area contributed by atoms with Crippen LogP contribution in [0.4, 0.5) is 10.1 Å². The number of halogens is 1. The summed E-state index contributed by atoms with van der Waals surface area (Å²) in [6.45, 7) is 2.39. The number of rotatable bonds is 6. The van der Waals surface area contributed by atoms with Gasteiger partial charge in [-0.05, 0) is 48.4 Å². The van der Waals surface area contributed by atoms with Crippen molar-refractivity contribution in [3.8, 4) is 16.9 Å². The number of fused-ring (bicyclic) bond motifs is 1. The Balaban J connectivity index is 1.93. The van der Waals surface area contributed by atoms with E-state index >= 15 is 0 Å². The molecule has 9 heteroatoms. The minimum absolute atomic E-state index is 0.231. The highest BCUT2D eigenvalue weighted by molar-refractivity contribution is 7.85. The van der Waals surface area contributed by atoms with Crippen molar-refractivity contribution in [1.29, 1.82) is 0 Å². The monoisotopic (exact) mass is 454 g/mol.